The van der Waals surface area contributed by atoms with E-state index in [1.807, 2.05) is 6.92 Å². The molecule has 0 spiro atoms. The van der Waals surface area contributed by atoms with Gasteiger partial charge in [-0.05, 0) is 18.9 Å². The zero-order valence-electron chi connectivity index (χ0n) is 13.9. The van der Waals surface area contributed by atoms with Crippen molar-refractivity contribution in [1.29, 1.82) is 0 Å². The van der Waals surface area contributed by atoms with E-state index in [-0.39, 0.29) is 30.6 Å². The van der Waals surface area contributed by atoms with Crippen LogP contribution in [0, 0.1) is 5.82 Å². The number of anilines is 1. The van der Waals surface area contributed by atoms with E-state index in [0.717, 1.165) is 17.8 Å². The summed E-state index contributed by atoms with van der Waals surface area (Å²) in [6.45, 7) is 2.13. The highest BCUT2D eigenvalue weighted by molar-refractivity contribution is 7.15. The highest BCUT2D eigenvalue weighted by atomic mass is 32.1. The van der Waals surface area contributed by atoms with Crippen molar-refractivity contribution < 1.29 is 14.0 Å². The summed E-state index contributed by atoms with van der Waals surface area (Å²) < 4.78 is 13.9. The number of aryl methyl sites for hydroxylation is 1. The smallest absolute Gasteiger partial charge is 0.249 e. The van der Waals surface area contributed by atoms with Crippen LogP contribution in [0.15, 0.2) is 24.3 Å². The Bertz CT molecular complexity index is 780. The van der Waals surface area contributed by atoms with Crippen LogP contribution in [0.4, 0.5) is 9.52 Å². The van der Waals surface area contributed by atoms with Gasteiger partial charge in [0.1, 0.15) is 16.9 Å². The lowest BCUT2D eigenvalue weighted by molar-refractivity contribution is -0.133. The minimum atomic E-state index is -0.620. The average Bonchev–Trinajstić information content (AvgIpc) is 3.17. The Morgan fingerprint density at radius 3 is 2.96 bits per heavy atom. The SMILES string of the molecule is CCCc1nnc(NC(=O)C2CCC(=O)N2Cc2ccccc2F)s1. The molecule has 132 valence electrons. The quantitative estimate of drug-likeness (QED) is 0.857. The van der Waals surface area contributed by atoms with E-state index in [2.05, 4.69) is 15.5 Å². The van der Waals surface area contributed by atoms with Crippen molar-refractivity contribution in [3.05, 3.63) is 40.7 Å². The van der Waals surface area contributed by atoms with Crippen LogP contribution in [-0.2, 0) is 22.6 Å². The number of hydrogen-bond donors (Lipinski definition) is 1. The van der Waals surface area contributed by atoms with Gasteiger partial charge in [-0.3, -0.25) is 14.9 Å². The molecule has 6 nitrogen and oxygen atoms in total. The first-order chi connectivity index (χ1) is 12.1. The van der Waals surface area contributed by atoms with Crippen molar-refractivity contribution in [1.82, 2.24) is 15.1 Å². The highest BCUT2D eigenvalue weighted by Crippen LogP contribution is 2.24. The normalized spacial score (nSPS) is 17.1. The van der Waals surface area contributed by atoms with E-state index < -0.39 is 6.04 Å². The minimum Gasteiger partial charge on any atom is -0.326 e. The molecule has 1 fully saturated rings. The molecule has 1 unspecified atom stereocenters. The van der Waals surface area contributed by atoms with E-state index in [1.54, 1.807) is 18.2 Å². The van der Waals surface area contributed by atoms with Crippen LogP contribution in [0.2, 0.25) is 0 Å². The predicted octanol–water partition coefficient (Wildman–Crippen LogP) is 2.76. The number of halogens is 1. The molecule has 0 bridgehead atoms. The first-order valence-electron chi connectivity index (χ1n) is 8.24. The Hall–Kier alpha value is -2.35. The van der Waals surface area contributed by atoms with Crippen molar-refractivity contribution in [3.63, 3.8) is 0 Å². The Labute approximate surface area is 149 Å². The summed E-state index contributed by atoms with van der Waals surface area (Å²) in [4.78, 5) is 26.1. The zero-order valence-corrected chi connectivity index (χ0v) is 14.7. The molecule has 2 heterocycles. The van der Waals surface area contributed by atoms with Crippen molar-refractivity contribution >= 4 is 28.3 Å². The number of nitrogens with one attached hydrogen (secondary N) is 1. The van der Waals surface area contributed by atoms with E-state index in [0.29, 0.717) is 17.1 Å². The summed E-state index contributed by atoms with van der Waals surface area (Å²) in [7, 11) is 0. The Morgan fingerprint density at radius 2 is 2.20 bits per heavy atom. The van der Waals surface area contributed by atoms with E-state index in [9.17, 15) is 14.0 Å². The fourth-order valence-corrected chi connectivity index (χ4v) is 3.67. The van der Waals surface area contributed by atoms with E-state index >= 15 is 0 Å². The van der Waals surface area contributed by atoms with Crippen LogP contribution >= 0.6 is 11.3 Å². The largest absolute Gasteiger partial charge is 0.326 e. The maximum Gasteiger partial charge on any atom is 0.249 e. The molecule has 1 aliphatic heterocycles. The van der Waals surface area contributed by atoms with E-state index in [4.69, 9.17) is 0 Å². The van der Waals surface area contributed by atoms with Gasteiger partial charge >= 0.3 is 0 Å². The van der Waals surface area contributed by atoms with Gasteiger partial charge in [-0.25, -0.2) is 4.39 Å². The second kappa shape index (κ2) is 7.69. The number of rotatable bonds is 6. The Morgan fingerprint density at radius 1 is 1.40 bits per heavy atom. The topological polar surface area (TPSA) is 75.2 Å². The van der Waals surface area contributed by atoms with Gasteiger partial charge in [0.05, 0.1) is 0 Å². The molecule has 3 rings (SSSR count). The lowest BCUT2D eigenvalue weighted by atomic mass is 10.1. The number of carbonyl (C=O) groups excluding carboxylic acids is 2. The van der Waals surface area contributed by atoms with Crippen molar-refractivity contribution in [3.8, 4) is 0 Å². The summed E-state index contributed by atoms with van der Waals surface area (Å²) >= 11 is 1.34. The van der Waals surface area contributed by atoms with Crippen LogP contribution in [0.1, 0.15) is 36.8 Å². The first-order valence-corrected chi connectivity index (χ1v) is 9.06. The first kappa shape index (κ1) is 17.5. The monoisotopic (exact) mass is 362 g/mol. The fourth-order valence-electron chi connectivity index (χ4n) is 2.82. The summed E-state index contributed by atoms with van der Waals surface area (Å²) in [6, 6.07) is 5.66. The summed E-state index contributed by atoms with van der Waals surface area (Å²) in [5.41, 5.74) is 0.400. The molecule has 0 saturated carbocycles. The predicted molar refractivity (Wildman–Crippen MR) is 92.5 cm³/mol. The third-order valence-corrected chi connectivity index (χ3v) is 4.99. The lowest BCUT2D eigenvalue weighted by Crippen LogP contribution is -2.41. The van der Waals surface area contributed by atoms with Crippen LogP contribution < -0.4 is 5.32 Å². The molecule has 0 radical (unpaired) electrons. The third-order valence-electron chi connectivity index (χ3n) is 4.09. The molecule has 1 atom stereocenters. The fraction of sp³-hybridized carbons (Fsp3) is 0.412. The Kier molecular flexibility index (Phi) is 5.37. The standard InChI is InChI=1S/C17H19FN4O2S/c1-2-5-14-20-21-17(25-14)19-16(24)13-8-9-15(23)22(13)10-11-6-3-4-7-12(11)18/h3-4,6-7,13H,2,5,8-10H2,1H3,(H,19,21,24). The molecule has 1 N–H and O–H groups in total. The highest BCUT2D eigenvalue weighted by Gasteiger charge is 2.36. The van der Waals surface area contributed by atoms with Gasteiger partial charge < -0.3 is 4.90 Å². The molecule has 2 amide bonds. The third kappa shape index (κ3) is 4.01. The van der Waals surface area contributed by atoms with Crippen LogP contribution in [-0.4, -0.2) is 33.0 Å². The van der Waals surface area contributed by atoms with Gasteiger partial charge in [-0.2, -0.15) is 0 Å². The molecular weight excluding hydrogens is 343 g/mol. The number of likely N-dealkylation sites (tertiary alicyclic amines) is 1. The Balaban J connectivity index is 1.69. The minimum absolute atomic E-state index is 0.0841. The maximum atomic E-state index is 13.9. The average molecular weight is 362 g/mol. The summed E-state index contributed by atoms with van der Waals surface area (Å²) in [5, 5.41) is 12.0. The molecule has 1 aromatic heterocycles. The van der Waals surface area contributed by atoms with Crippen molar-refractivity contribution in [2.24, 2.45) is 0 Å². The van der Waals surface area contributed by atoms with Crippen LogP contribution in [0.25, 0.3) is 0 Å². The lowest BCUT2D eigenvalue weighted by Gasteiger charge is -2.23. The molecule has 25 heavy (non-hydrogen) atoms. The van der Waals surface area contributed by atoms with Crippen LogP contribution in [0.3, 0.4) is 0 Å². The molecule has 1 saturated heterocycles. The zero-order chi connectivity index (χ0) is 17.8. The van der Waals surface area contributed by atoms with Gasteiger partial charge in [-0.15, -0.1) is 10.2 Å². The number of hydrogen-bond acceptors (Lipinski definition) is 5. The molecule has 1 aliphatic rings. The number of aromatic nitrogens is 2. The second-order valence-electron chi connectivity index (χ2n) is 5.91. The number of benzene rings is 1. The van der Waals surface area contributed by atoms with Gasteiger partial charge in [0, 0.05) is 24.9 Å². The van der Waals surface area contributed by atoms with Crippen LogP contribution in [0.5, 0.6) is 0 Å². The maximum absolute atomic E-state index is 13.9. The number of nitrogens with zero attached hydrogens (tertiary/aromatic N) is 3. The number of carbonyl (C=O) groups is 2. The molecule has 1 aromatic carbocycles. The number of amides is 2. The molecule has 2 aromatic rings. The van der Waals surface area contributed by atoms with Gasteiger partial charge in [-0.1, -0.05) is 36.5 Å². The van der Waals surface area contributed by atoms with Gasteiger partial charge in [0.15, 0.2) is 0 Å². The van der Waals surface area contributed by atoms with Gasteiger partial charge in [0.25, 0.3) is 0 Å². The van der Waals surface area contributed by atoms with Crippen molar-refractivity contribution in [2.45, 2.75) is 45.2 Å². The molecular formula is C17H19FN4O2S. The summed E-state index contributed by atoms with van der Waals surface area (Å²) in [6.07, 6.45) is 2.47. The molecule has 8 heteroatoms. The van der Waals surface area contributed by atoms with Gasteiger partial charge in [0.2, 0.25) is 16.9 Å². The second-order valence-corrected chi connectivity index (χ2v) is 6.97. The molecule has 0 aliphatic carbocycles. The van der Waals surface area contributed by atoms with E-state index in [1.165, 1.54) is 22.3 Å². The van der Waals surface area contributed by atoms with Crippen molar-refractivity contribution in [2.75, 3.05) is 5.32 Å². The summed E-state index contributed by atoms with van der Waals surface area (Å²) in [5.74, 6) is -0.830.